The molecule has 1 aromatic rings. The van der Waals surface area contributed by atoms with Gasteiger partial charge in [0.1, 0.15) is 5.82 Å². The maximum atomic E-state index is 12.3. The Morgan fingerprint density at radius 3 is 2.70 bits per heavy atom. The van der Waals surface area contributed by atoms with E-state index >= 15 is 0 Å². The number of carboxylic acids is 1. The van der Waals surface area contributed by atoms with Gasteiger partial charge in [0.25, 0.3) is 0 Å². The van der Waals surface area contributed by atoms with E-state index in [0.717, 1.165) is 18.8 Å². The fourth-order valence-corrected chi connectivity index (χ4v) is 3.09. The molecule has 2 N–H and O–H groups in total. The van der Waals surface area contributed by atoms with Gasteiger partial charge >= 0.3 is 5.97 Å². The van der Waals surface area contributed by atoms with Crippen LogP contribution in [0.3, 0.4) is 0 Å². The van der Waals surface area contributed by atoms with Crippen LogP contribution in [0.25, 0.3) is 0 Å². The quantitative estimate of drug-likeness (QED) is 0.804. The van der Waals surface area contributed by atoms with E-state index in [-0.39, 0.29) is 18.4 Å². The molecule has 0 radical (unpaired) electrons. The van der Waals surface area contributed by atoms with E-state index in [1.807, 2.05) is 32.0 Å². The van der Waals surface area contributed by atoms with Gasteiger partial charge in [0, 0.05) is 31.7 Å². The number of hydrogen-bond donors (Lipinski definition) is 2. The molecule has 1 atom stereocenters. The van der Waals surface area contributed by atoms with E-state index in [1.54, 1.807) is 6.20 Å². The van der Waals surface area contributed by atoms with Crippen molar-refractivity contribution >= 4 is 17.7 Å². The van der Waals surface area contributed by atoms with Crippen LogP contribution >= 0.6 is 0 Å². The zero-order chi connectivity index (χ0) is 16.9. The van der Waals surface area contributed by atoms with Crippen LogP contribution in [-0.2, 0) is 9.59 Å². The van der Waals surface area contributed by atoms with Crippen LogP contribution in [0.1, 0.15) is 39.5 Å². The summed E-state index contributed by atoms with van der Waals surface area (Å²) in [6.45, 7) is 5.20. The van der Waals surface area contributed by atoms with Crippen molar-refractivity contribution in [2.75, 3.05) is 18.0 Å². The van der Waals surface area contributed by atoms with Gasteiger partial charge in [0.15, 0.2) is 0 Å². The number of rotatable bonds is 7. The summed E-state index contributed by atoms with van der Waals surface area (Å²) in [6, 6.07) is 5.82. The molecule has 1 aliphatic heterocycles. The Bertz CT molecular complexity index is 543. The van der Waals surface area contributed by atoms with Crippen molar-refractivity contribution in [1.29, 1.82) is 0 Å². The highest BCUT2D eigenvalue weighted by Crippen LogP contribution is 2.31. The number of carbonyl (C=O) groups is 2. The van der Waals surface area contributed by atoms with Gasteiger partial charge in [0.05, 0.1) is 5.41 Å². The van der Waals surface area contributed by atoms with Crippen LogP contribution in [-0.4, -0.2) is 41.1 Å². The third-order valence-electron chi connectivity index (χ3n) is 4.83. The molecular formula is C17H25N3O3. The lowest BCUT2D eigenvalue weighted by Crippen LogP contribution is -2.42. The second-order valence-electron chi connectivity index (χ2n) is 6.16. The Kier molecular flexibility index (Phi) is 5.58. The molecule has 1 saturated heterocycles. The van der Waals surface area contributed by atoms with Gasteiger partial charge < -0.3 is 15.3 Å². The highest BCUT2D eigenvalue weighted by atomic mass is 16.4. The molecule has 6 heteroatoms. The van der Waals surface area contributed by atoms with Crippen molar-refractivity contribution in [2.24, 2.45) is 5.41 Å². The number of aliphatic carboxylic acids is 1. The fraction of sp³-hybridized carbons (Fsp3) is 0.588. The Morgan fingerprint density at radius 2 is 2.13 bits per heavy atom. The van der Waals surface area contributed by atoms with Gasteiger partial charge in [-0.1, -0.05) is 19.9 Å². The Morgan fingerprint density at radius 1 is 1.39 bits per heavy atom. The van der Waals surface area contributed by atoms with Crippen LogP contribution in [0.15, 0.2) is 24.4 Å². The van der Waals surface area contributed by atoms with E-state index in [9.17, 15) is 14.7 Å². The summed E-state index contributed by atoms with van der Waals surface area (Å²) in [5.41, 5.74) is -0.955. The minimum atomic E-state index is -0.955. The van der Waals surface area contributed by atoms with Crippen molar-refractivity contribution in [3.63, 3.8) is 0 Å². The molecule has 6 nitrogen and oxygen atoms in total. The first kappa shape index (κ1) is 17.2. The number of aromatic nitrogens is 1. The first-order valence-electron chi connectivity index (χ1n) is 8.19. The molecule has 2 heterocycles. The van der Waals surface area contributed by atoms with E-state index in [2.05, 4.69) is 15.2 Å². The molecule has 126 valence electrons. The van der Waals surface area contributed by atoms with Gasteiger partial charge in [0.2, 0.25) is 5.91 Å². The molecule has 0 saturated carbocycles. The van der Waals surface area contributed by atoms with Crippen molar-refractivity contribution < 1.29 is 14.7 Å². The third kappa shape index (κ3) is 4.00. The first-order chi connectivity index (χ1) is 11.0. The number of carboxylic acid groups (broad SMARTS) is 1. The topological polar surface area (TPSA) is 82.5 Å². The maximum absolute atomic E-state index is 12.3. The highest BCUT2D eigenvalue weighted by Gasteiger charge is 2.38. The van der Waals surface area contributed by atoms with Crippen LogP contribution in [0.2, 0.25) is 0 Å². The number of carbonyl (C=O) groups excluding carboxylic acids is 1. The number of amides is 1. The van der Waals surface area contributed by atoms with Gasteiger partial charge in [-0.05, 0) is 31.4 Å². The minimum Gasteiger partial charge on any atom is -0.481 e. The van der Waals surface area contributed by atoms with Crippen molar-refractivity contribution in [2.45, 2.75) is 45.6 Å². The van der Waals surface area contributed by atoms with E-state index in [4.69, 9.17) is 0 Å². The summed E-state index contributed by atoms with van der Waals surface area (Å²) in [5, 5.41) is 12.4. The van der Waals surface area contributed by atoms with Crippen LogP contribution in [0.4, 0.5) is 5.82 Å². The monoisotopic (exact) mass is 319 g/mol. The van der Waals surface area contributed by atoms with Gasteiger partial charge in [-0.15, -0.1) is 0 Å². The Hall–Kier alpha value is -2.11. The number of anilines is 1. The van der Waals surface area contributed by atoms with Crippen molar-refractivity contribution in [1.82, 2.24) is 10.3 Å². The summed E-state index contributed by atoms with van der Waals surface area (Å²) in [6.07, 6.45) is 3.55. The predicted octanol–water partition coefficient (Wildman–Crippen LogP) is 2.06. The minimum absolute atomic E-state index is 0.0371. The summed E-state index contributed by atoms with van der Waals surface area (Å²) in [4.78, 5) is 30.2. The lowest BCUT2D eigenvalue weighted by Gasteiger charge is -2.26. The lowest BCUT2D eigenvalue weighted by molar-refractivity contribution is -0.152. The molecule has 0 aliphatic carbocycles. The highest BCUT2D eigenvalue weighted by molar-refractivity contribution is 5.85. The molecular weight excluding hydrogens is 294 g/mol. The molecule has 1 unspecified atom stereocenters. The smallest absolute Gasteiger partial charge is 0.310 e. The molecule has 1 amide bonds. The molecule has 0 spiro atoms. The van der Waals surface area contributed by atoms with Gasteiger partial charge in [-0.25, -0.2) is 4.98 Å². The zero-order valence-electron chi connectivity index (χ0n) is 13.8. The first-order valence-corrected chi connectivity index (χ1v) is 8.19. The number of nitrogens with one attached hydrogen (secondary N) is 1. The van der Waals surface area contributed by atoms with E-state index < -0.39 is 11.4 Å². The van der Waals surface area contributed by atoms with Crippen LogP contribution in [0, 0.1) is 5.41 Å². The summed E-state index contributed by atoms with van der Waals surface area (Å²) in [7, 11) is 0. The molecule has 0 bridgehead atoms. The van der Waals surface area contributed by atoms with Crippen LogP contribution in [0.5, 0.6) is 0 Å². The number of pyridine rings is 1. The zero-order valence-corrected chi connectivity index (χ0v) is 13.8. The van der Waals surface area contributed by atoms with E-state index in [0.29, 0.717) is 19.4 Å². The average molecular weight is 319 g/mol. The average Bonchev–Trinajstić information content (AvgIpc) is 3.01. The summed E-state index contributed by atoms with van der Waals surface area (Å²) >= 11 is 0. The standard InChI is InChI=1S/C17H25N3O3/c1-3-17(4-2,16(22)23)11-15(21)19-13-8-10-20(12-13)14-7-5-6-9-18-14/h5-7,9,13H,3-4,8,10-12H2,1-2H3,(H,19,21)(H,22,23). The molecule has 0 aromatic carbocycles. The normalized spacial score (nSPS) is 18.0. The lowest BCUT2D eigenvalue weighted by atomic mass is 9.79. The molecule has 1 fully saturated rings. The second kappa shape index (κ2) is 7.44. The third-order valence-corrected chi connectivity index (χ3v) is 4.83. The molecule has 1 aromatic heterocycles. The summed E-state index contributed by atoms with van der Waals surface area (Å²) < 4.78 is 0. The molecule has 23 heavy (non-hydrogen) atoms. The largest absolute Gasteiger partial charge is 0.481 e. The maximum Gasteiger partial charge on any atom is 0.310 e. The Labute approximate surface area is 136 Å². The predicted molar refractivity (Wildman–Crippen MR) is 88.3 cm³/mol. The SMILES string of the molecule is CCC(CC)(CC(=O)NC1CCN(c2ccccn2)C1)C(=O)O. The Balaban J connectivity index is 1.90. The van der Waals surface area contributed by atoms with Crippen molar-refractivity contribution in [3.05, 3.63) is 24.4 Å². The fourth-order valence-electron chi connectivity index (χ4n) is 3.09. The van der Waals surface area contributed by atoms with Gasteiger partial charge in [-0.2, -0.15) is 0 Å². The summed E-state index contributed by atoms with van der Waals surface area (Å²) in [5.74, 6) is -0.158. The van der Waals surface area contributed by atoms with Crippen molar-refractivity contribution in [3.8, 4) is 0 Å². The second-order valence-corrected chi connectivity index (χ2v) is 6.16. The molecule has 1 aliphatic rings. The molecule has 2 rings (SSSR count). The van der Waals surface area contributed by atoms with E-state index in [1.165, 1.54) is 0 Å². The van der Waals surface area contributed by atoms with Crippen LogP contribution < -0.4 is 10.2 Å². The van der Waals surface area contributed by atoms with Gasteiger partial charge in [-0.3, -0.25) is 9.59 Å². The number of nitrogens with zero attached hydrogens (tertiary/aromatic N) is 2. The number of hydrogen-bond acceptors (Lipinski definition) is 4.